The van der Waals surface area contributed by atoms with E-state index < -0.39 is 0 Å². The first-order chi connectivity index (χ1) is 11.8. The maximum Gasteiger partial charge on any atom is 0.337 e. The molecule has 0 aliphatic carbocycles. The van der Waals surface area contributed by atoms with Crippen LogP contribution in [0.15, 0.2) is 72.3 Å². The van der Waals surface area contributed by atoms with Gasteiger partial charge in [-0.1, -0.05) is 60.7 Å². The molecule has 0 fully saturated rings. The highest BCUT2D eigenvalue weighted by Crippen LogP contribution is 2.26. The van der Waals surface area contributed by atoms with Crippen molar-refractivity contribution in [2.45, 2.75) is 6.61 Å². The molecule has 0 amide bonds. The first kappa shape index (κ1) is 14.5. The van der Waals surface area contributed by atoms with Gasteiger partial charge in [-0.05, 0) is 28.5 Å². The van der Waals surface area contributed by atoms with Crippen LogP contribution >= 0.6 is 0 Å². The summed E-state index contributed by atoms with van der Waals surface area (Å²) in [4.78, 5) is 12.3. The molecule has 0 N–H and O–H groups in total. The van der Waals surface area contributed by atoms with Crippen LogP contribution in [0.2, 0.25) is 0 Å². The zero-order valence-electron chi connectivity index (χ0n) is 13.1. The fraction of sp³-hybridized carbons (Fsp3) is 0.0952. The highest BCUT2D eigenvalue weighted by Gasteiger charge is 2.18. The van der Waals surface area contributed by atoms with Crippen molar-refractivity contribution >= 4 is 22.8 Å². The van der Waals surface area contributed by atoms with Crippen molar-refractivity contribution in [3.8, 4) is 5.75 Å². The highest BCUT2D eigenvalue weighted by molar-refractivity contribution is 5.95. The topological polar surface area (TPSA) is 35.5 Å². The van der Waals surface area contributed by atoms with Crippen LogP contribution in [-0.2, 0) is 16.1 Å². The first-order valence-electron chi connectivity index (χ1n) is 7.87. The van der Waals surface area contributed by atoms with Crippen LogP contribution < -0.4 is 4.74 Å². The molecule has 0 aromatic heterocycles. The van der Waals surface area contributed by atoms with Crippen molar-refractivity contribution < 1.29 is 14.3 Å². The number of carbonyl (C=O) groups is 1. The summed E-state index contributed by atoms with van der Waals surface area (Å²) in [6.45, 7) is 0.491. The summed E-state index contributed by atoms with van der Waals surface area (Å²) in [5.74, 6) is 0.459. The van der Waals surface area contributed by atoms with Crippen molar-refractivity contribution in [1.82, 2.24) is 0 Å². The lowest BCUT2D eigenvalue weighted by Crippen LogP contribution is -2.17. The van der Waals surface area contributed by atoms with Crippen molar-refractivity contribution in [2.24, 2.45) is 0 Å². The molecule has 0 saturated heterocycles. The maximum atomic E-state index is 12.3. The summed E-state index contributed by atoms with van der Waals surface area (Å²) < 4.78 is 11.1. The molecule has 0 unspecified atom stereocenters. The minimum atomic E-state index is -0.336. The molecule has 4 rings (SSSR count). The van der Waals surface area contributed by atoms with E-state index >= 15 is 0 Å². The molecule has 0 radical (unpaired) electrons. The highest BCUT2D eigenvalue weighted by atomic mass is 16.5. The van der Waals surface area contributed by atoms with E-state index in [0.717, 1.165) is 27.6 Å². The lowest BCUT2D eigenvalue weighted by atomic mass is 10.1. The molecule has 0 saturated carbocycles. The first-order valence-corrected chi connectivity index (χ1v) is 7.87. The SMILES string of the molecule is O=C(OCc1cccc2ccccc12)C1=Cc2ccccc2OC1. The fourth-order valence-corrected chi connectivity index (χ4v) is 2.89. The third-order valence-electron chi connectivity index (χ3n) is 4.13. The zero-order chi connectivity index (χ0) is 16.4. The zero-order valence-corrected chi connectivity index (χ0v) is 13.1. The summed E-state index contributed by atoms with van der Waals surface area (Å²) in [5, 5.41) is 2.24. The van der Waals surface area contributed by atoms with Crippen molar-refractivity contribution in [3.05, 3.63) is 83.4 Å². The Morgan fingerprint density at radius 3 is 2.71 bits per heavy atom. The molecule has 0 atom stereocenters. The third-order valence-corrected chi connectivity index (χ3v) is 4.13. The van der Waals surface area contributed by atoms with Crippen molar-refractivity contribution in [3.63, 3.8) is 0 Å². The standard InChI is InChI=1S/C21H16O3/c22-21(18-12-16-7-2-4-11-20(16)23-14-18)24-13-17-9-5-8-15-6-1-3-10-19(15)17/h1-12H,13-14H2. The summed E-state index contributed by atoms with van der Waals surface area (Å²) in [5.41, 5.74) is 2.44. The van der Waals surface area contributed by atoms with Gasteiger partial charge in [0.05, 0.1) is 5.57 Å². The quantitative estimate of drug-likeness (QED) is 0.674. The predicted molar refractivity (Wildman–Crippen MR) is 93.7 cm³/mol. The summed E-state index contributed by atoms with van der Waals surface area (Å²) in [6, 6.07) is 21.7. The molecule has 3 heteroatoms. The maximum absolute atomic E-state index is 12.3. The molecule has 1 heterocycles. The Bertz CT molecular complexity index is 935. The number of rotatable bonds is 3. The van der Waals surface area contributed by atoms with E-state index in [1.165, 1.54) is 0 Å². The van der Waals surface area contributed by atoms with Gasteiger partial charge in [-0.25, -0.2) is 4.79 Å². The number of carbonyl (C=O) groups excluding carboxylic acids is 1. The van der Waals surface area contributed by atoms with Crippen LogP contribution in [0.1, 0.15) is 11.1 Å². The molecule has 3 nitrogen and oxygen atoms in total. The minimum absolute atomic E-state index is 0.241. The molecule has 0 spiro atoms. The van der Waals surface area contributed by atoms with E-state index in [9.17, 15) is 4.79 Å². The Balaban J connectivity index is 1.52. The molecular formula is C21H16O3. The molecule has 1 aliphatic heterocycles. The van der Waals surface area contributed by atoms with Gasteiger partial charge in [-0.2, -0.15) is 0 Å². The van der Waals surface area contributed by atoms with Crippen LogP contribution in [0.25, 0.3) is 16.8 Å². The summed E-state index contributed by atoms with van der Waals surface area (Å²) in [7, 11) is 0. The Morgan fingerprint density at radius 1 is 0.958 bits per heavy atom. The molecule has 24 heavy (non-hydrogen) atoms. The van der Waals surface area contributed by atoms with E-state index in [1.807, 2.05) is 60.7 Å². The normalized spacial score (nSPS) is 12.9. The monoisotopic (exact) mass is 316 g/mol. The second-order valence-electron chi connectivity index (χ2n) is 5.71. The van der Waals surface area contributed by atoms with Gasteiger partial charge in [-0.3, -0.25) is 0 Å². The van der Waals surface area contributed by atoms with E-state index in [2.05, 4.69) is 12.1 Å². The van der Waals surface area contributed by atoms with Gasteiger partial charge in [0, 0.05) is 5.56 Å². The van der Waals surface area contributed by atoms with Crippen LogP contribution in [-0.4, -0.2) is 12.6 Å². The third kappa shape index (κ3) is 2.76. The molecule has 3 aromatic carbocycles. The Hall–Kier alpha value is -3.07. The van der Waals surface area contributed by atoms with Gasteiger partial charge < -0.3 is 9.47 Å². The van der Waals surface area contributed by atoms with Crippen LogP contribution in [0.5, 0.6) is 5.75 Å². The van der Waals surface area contributed by atoms with Gasteiger partial charge >= 0.3 is 5.97 Å². The number of ether oxygens (including phenoxy) is 2. The molecular weight excluding hydrogens is 300 g/mol. The van der Waals surface area contributed by atoms with Crippen molar-refractivity contribution in [1.29, 1.82) is 0 Å². The number of hydrogen-bond donors (Lipinski definition) is 0. The van der Waals surface area contributed by atoms with Gasteiger partial charge in [-0.15, -0.1) is 0 Å². The van der Waals surface area contributed by atoms with E-state index in [1.54, 1.807) is 0 Å². The Morgan fingerprint density at radius 2 is 1.75 bits per heavy atom. The summed E-state index contributed by atoms with van der Waals surface area (Å²) >= 11 is 0. The number of benzene rings is 3. The fourth-order valence-electron chi connectivity index (χ4n) is 2.89. The van der Waals surface area contributed by atoms with Crippen LogP contribution in [0.3, 0.4) is 0 Å². The van der Waals surface area contributed by atoms with E-state index in [0.29, 0.717) is 5.57 Å². The largest absolute Gasteiger partial charge is 0.488 e. The number of esters is 1. The molecule has 3 aromatic rings. The van der Waals surface area contributed by atoms with E-state index in [4.69, 9.17) is 9.47 Å². The number of para-hydroxylation sites is 1. The van der Waals surface area contributed by atoms with E-state index in [-0.39, 0.29) is 19.2 Å². The second kappa shape index (κ2) is 6.20. The second-order valence-corrected chi connectivity index (χ2v) is 5.71. The molecule has 118 valence electrons. The van der Waals surface area contributed by atoms with Gasteiger partial charge in [0.25, 0.3) is 0 Å². The Kier molecular flexibility index (Phi) is 3.75. The Labute approximate surface area is 140 Å². The lowest BCUT2D eigenvalue weighted by molar-refractivity contribution is -0.140. The van der Waals surface area contributed by atoms with Gasteiger partial charge in [0.2, 0.25) is 0 Å². The smallest absolute Gasteiger partial charge is 0.337 e. The molecule has 0 bridgehead atoms. The van der Waals surface area contributed by atoms with Gasteiger partial charge in [0.1, 0.15) is 19.0 Å². The lowest BCUT2D eigenvalue weighted by Gasteiger charge is -2.17. The number of fused-ring (bicyclic) bond motifs is 2. The average Bonchev–Trinajstić information content (AvgIpc) is 2.65. The van der Waals surface area contributed by atoms with Crippen LogP contribution in [0.4, 0.5) is 0 Å². The van der Waals surface area contributed by atoms with Crippen LogP contribution in [0, 0.1) is 0 Å². The predicted octanol–water partition coefficient (Wildman–Crippen LogP) is 4.36. The average molecular weight is 316 g/mol. The minimum Gasteiger partial charge on any atom is -0.488 e. The summed E-state index contributed by atoms with van der Waals surface area (Å²) in [6.07, 6.45) is 1.84. The number of hydrogen-bond acceptors (Lipinski definition) is 3. The van der Waals surface area contributed by atoms with Crippen molar-refractivity contribution in [2.75, 3.05) is 6.61 Å². The van der Waals surface area contributed by atoms with Gasteiger partial charge in [0.15, 0.2) is 0 Å². The molecule has 1 aliphatic rings.